The average Bonchev–Trinajstić information content (AvgIpc) is 1.95. The minimum absolute atomic E-state index is 0.914. The van der Waals surface area contributed by atoms with Gasteiger partial charge >= 0.3 is 0 Å². The lowest BCUT2D eigenvalue weighted by atomic mass is 10.3. The summed E-state index contributed by atoms with van der Waals surface area (Å²) in [5, 5.41) is 2.26. The highest BCUT2D eigenvalue weighted by molar-refractivity contribution is 7.36. The predicted molar refractivity (Wildman–Crippen MR) is 51.7 cm³/mol. The highest BCUT2D eigenvalue weighted by Crippen LogP contribution is 2.08. The molecule has 1 rings (SSSR count). The molecule has 1 aromatic carbocycles. The lowest BCUT2D eigenvalue weighted by molar-refractivity contribution is 0.418. The first-order valence-electron chi connectivity index (χ1n) is 2.93. The molecule has 0 aliphatic rings. The van der Waals surface area contributed by atoms with Crippen molar-refractivity contribution in [2.45, 2.75) is 0 Å². The Kier molecular flexibility index (Phi) is 2.65. The highest BCUT2D eigenvalue weighted by Gasteiger charge is 1.97. The number of rotatable bonds is 1. The summed E-state index contributed by atoms with van der Waals surface area (Å²) in [5.74, 6) is 0.914. The summed E-state index contributed by atoms with van der Waals surface area (Å²) in [7, 11) is 6.97. The predicted octanol–water partition coefficient (Wildman–Crippen LogP) is 0.696. The Balaban J connectivity index is 3.14. The maximum absolute atomic E-state index is 5.09. The fourth-order valence-corrected chi connectivity index (χ4v) is 1.30. The molecule has 1 nitrogen and oxygen atoms in total. The minimum atomic E-state index is 0.914. The van der Waals surface area contributed by atoms with E-state index in [0.717, 1.165) is 16.4 Å². The Labute approximate surface area is 65.6 Å². The fourth-order valence-electron chi connectivity index (χ4n) is 0.739. The van der Waals surface area contributed by atoms with Crippen molar-refractivity contribution in [1.82, 2.24) is 0 Å². The summed E-state index contributed by atoms with van der Waals surface area (Å²) in [4.78, 5) is 0. The number of hydrogen-bond donors (Lipinski definition) is 0. The Hall–Kier alpha value is -0.120. The van der Waals surface area contributed by atoms with Crippen LogP contribution in [0.15, 0.2) is 18.2 Å². The molecule has 0 aliphatic heterocycles. The summed E-state index contributed by atoms with van der Waals surface area (Å²) in [5.41, 5.74) is 0. The number of hydrogen-bond acceptors (Lipinski definition) is 1. The summed E-state index contributed by atoms with van der Waals surface area (Å²) in [6.45, 7) is 0. The van der Waals surface area contributed by atoms with Crippen LogP contribution in [0.2, 0.25) is 0 Å². The largest absolute Gasteiger partial charge is 0.496 e. The van der Waals surface area contributed by atoms with Crippen molar-refractivity contribution in [1.29, 1.82) is 0 Å². The van der Waals surface area contributed by atoms with E-state index in [1.54, 1.807) is 7.11 Å². The third-order valence-electron chi connectivity index (χ3n) is 1.32. The van der Waals surface area contributed by atoms with E-state index < -0.39 is 0 Å². The number of methoxy groups -OCH3 is 1. The van der Waals surface area contributed by atoms with Crippen molar-refractivity contribution >= 4 is 29.1 Å². The maximum atomic E-state index is 5.09. The minimum Gasteiger partial charge on any atom is -0.496 e. The topological polar surface area (TPSA) is 9.23 Å². The van der Waals surface area contributed by atoms with Gasteiger partial charge in [0, 0.05) is 5.30 Å². The van der Waals surface area contributed by atoms with Crippen LogP contribution in [0.25, 0.3) is 0 Å². The molecule has 2 unspecified atom stereocenters. The van der Waals surface area contributed by atoms with Crippen molar-refractivity contribution in [3.8, 4) is 5.75 Å². The summed E-state index contributed by atoms with van der Waals surface area (Å²) in [6.07, 6.45) is 0. The van der Waals surface area contributed by atoms with E-state index in [2.05, 4.69) is 18.5 Å². The zero-order valence-electron chi connectivity index (χ0n) is 5.79. The summed E-state index contributed by atoms with van der Waals surface area (Å²) in [6, 6.07) is 5.93. The van der Waals surface area contributed by atoms with Crippen LogP contribution in [0, 0.1) is 0 Å². The third kappa shape index (κ3) is 1.48. The first-order valence-corrected chi connectivity index (χ1v) is 4.09. The van der Waals surface area contributed by atoms with Gasteiger partial charge in [0.25, 0.3) is 0 Å². The van der Waals surface area contributed by atoms with E-state index in [9.17, 15) is 0 Å². The molecule has 0 aliphatic carbocycles. The first kappa shape index (κ1) is 7.98. The SMILES string of the molecule is COc1cccc(P)c1P. The molecule has 0 N–H and O–H groups in total. The van der Waals surface area contributed by atoms with Gasteiger partial charge in [0.1, 0.15) is 5.75 Å². The van der Waals surface area contributed by atoms with Crippen LogP contribution in [-0.2, 0) is 0 Å². The van der Waals surface area contributed by atoms with Crippen molar-refractivity contribution < 1.29 is 4.74 Å². The maximum Gasteiger partial charge on any atom is 0.126 e. The third-order valence-corrected chi connectivity index (χ3v) is 2.77. The Bertz CT molecular complexity index is 235. The van der Waals surface area contributed by atoms with Gasteiger partial charge < -0.3 is 4.74 Å². The Morgan fingerprint density at radius 3 is 2.50 bits per heavy atom. The van der Waals surface area contributed by atoms with Gasteiger partial charge in [-0.05, 0) is 11.4 Å². The van der Waals surface area contributed by atoms with Crippen molar-refractivity contribution in [2.75, 3.05) is 7.11 Å². The average molecular weight is 172 g/mol. The van der Waals surface area contributed by atoms with Gasteiger partial charge in [0.05, 0.1) is 7.11 Å². The molecule has 0 amide bonds. The van der Waals surface area contributed by atoms with Crippen LogP contribution in [-0.4, -0.2) is 7.11 Å². The Morgan fingerprint density at radius 1 is 1.30 bits per heavy atom. The second-order valence-corrected chi connectivity index (χ2v) is 3.16. The second kappa shape index (κ2) is 3.32. The van der Waals surface area contributed by atoms with Crippen molar-refractivity contribution in [2.24, 2.45) is 0 Å². The van der Waals surface area contributed by atoms with Crippen molar-refractivity contribution in [3.63, 3.8) is 0 Å². The molecule has 0 radical (unpaired) electrons. The molecule has 54 valence electrons. The molecule has 0 heterocycles. The monoisotopic (exact) mass is 172 g/mol. The van der Waals surface area contributed by atoms with Crippen LogP contribution in [0.5, 0.6) is 5.75 Å². The van der Waals surface area contributed by atoms with Crippen LogP contribution in [0.3, 0.4) is 0 Å². The van der Waals surface area contributed by atoms with Gasteiger partial charge in [-0.1, -0.05) is 12.1 Å². The van der Waals surface area contributed by atoms with Gasteiger partial charge in [0.2, 0.25) is 0 Å². The quantitative estimate of drug-likeness (QED) is 0.566. The van der Waals surface area contributed by atoms with E-state index >= 15 is 0 Å². The standard InChI is InChI=1S/C7H10OP2/c1-8-5-3-2-4-6(9)7(5)10/h2-4H,9-10H2,1H3. The fraction of sp³-hybridized carbons (Fsp3) is 0.143. The van der Waals surface area contributed by atoms with E-state index in [1.165, 1.54) is 0 Å². The zero-order valence-corrected chi connectivity index (χ0v) is 8.10. The zero-order chi connectivity index (χ0) is 7.56. The number of benzene rings is 1. The lowest BCUT2D eigenvalue weighted by Crippen LogP contribution is -2.12. The van der Waals surface area contributed by atoms with E-state index in [1.807, 2.05) is 18.2 Å². The molecule has 0 saturated heterocycles. The number of ether oxygens (including phenoxy) is 1. The summed E-state index contributed by atoms with van der Waals surface area (Å²) < 4.78 is 5.09. The molecule has 1 aromatic rings. The molecule has 2 atom stereocenters. The van der Waals surface area contributed by atoms with Gasteiger partial charge in [-0.2, -0.15) is 0 Å². The molecule has 0 spiro atoms. The smallest absolute Gasteiger partial charge is 0.126 e. The van der Waals surface area contributed by atoms with Crippen molar-refractivity contribution in [3.05, 3.63) is 18.2 Å². The van der Waals surface area contributed by atoms with Gasteiger partial charge in [0.15, 0.2) is 0 Å². The molecule has 10 heavy (non-hydrogen) atoms. The molecular weight excluding hydrogens is 162 g/mol. The highest BCUT2D eigenvalue weighted by atomic mass is 31.0. The van der Waals surface area contributed by atoms with Crippen LogP contribution in [0.4, 0.5) is 0 Å². The van der Waals surface area contributed by atoms with E-state index in [0.29, 0.717) is 0 Å². The lowest BCUT2D eigenvalue weighted by Gasteiger charge is -2.04. The normalized spacial score (nSPS) is 9.50. The molecule has 0 bridgehead atoms. The summed E-state index contributed by atoms with van der Waals surface area (Å²) >= 11 is 0. The van der Waals surface area contributed by atoms with Gasteiger partial charge in [-0.15, -0.1) is 18.5 Å². The van der Waals surface area contributed by atoms with Crippen LogP contribution < -0.4 is 15.3 Å². The van der Waals surface area contributed by atoms with Crippen LogP contribution in [0.1, 0.15) is 0 Å². The molecule has 0 aromatic heterocycles. The second-order valence-electron chi connectivity index (χ2n) is 1.96. The van der Waals surface area contributed by atoms with Gasteiger partial charge in [-0.25, -0.2) is 0 Å². The van der Waals surface area contributed by atoms with Gasteiger partial charge in [-0.3, -0.25) is 0 Å². The molecule has 3 heteroatoms. The van der Waals surface area contributed by atoms with Crippen LogP contribution >= 0.6 is 18.5 Å². The molecular formula is C7H10OP2. The van der Waals surface area contributed by atoms with E-state index in [4.69, 9.17) is 4.74 Å². The molecule has 0 saturated carbocycles. The molecule has 0 fully saturated rings. The van der Waals surface area contributed by atoms with E-state index in [-0.39, 0.29) is 0 Å². The first-order chi connectivity index (χ1) is 4.75. The Morgan fingerprint density at radius 2 is 2.00 bits per heavy atom.